The third kappa shape index (κ3) is 2.51. The van der Waals surface area contributed by atoms with E-state index in [0.717, 1.165) is 31.4 Å². The summed E-state index contributed by atoms with van der Waals surface area (Å²) < 4.78 is 5.23. The van der Waals surface area contributed by atoms with E-state index in [9.17, 15) is 4.79 Å². The molecule has 1 saturated carbocycles. The molecule has 3 rings (SSSR count). The van der Waals surface area contributed by atoms with Crippen LogP contribution in [0.4, 0.5) is 0 Å². The summed E-state index contributed by atoms with van der Waals surface area (Å²) in [5.74, 6) is 0.0895. The molecule has 0 spiro atoms. The van der Waals surface area contributed by atoms with Crippen molar-refractivity contribution in [1.29, 1.82) is 0 Å². The topological polar surface area (TPSA) is 50.4 Å². The van der Waals surface area contributed by atoms with Crippen molar-refractivity contribution in [3.8, 4) is 0 Å². The minimum absolute atomic E-state index is 0.0895. The number of nitrogens with one attached hydrogen (secondary N) is 2. The number of amides is 1. The van der Waals surface area contributed by atoms with Crippen LogP contribution in [0.2, 0.25) is 0 Å². The molecule has 0 aromatic heterocycles. The Morgan fingerprint density at radius 3 is 2.95 bits per heavy atom. The maximum absolute atomic E-state index is 12.3. The number of ether oxygens (including phenoxy) is 1. The minimum atomic E-state index is -0.202. The van der Waals surface area contributed by atoms with E-state index in [4.69, 9.17) is 4.74 Å². The highest BCUT2D eigenvalue weighted by atomic mass is 16.5. The standard InChI is InChI=1S/C15H20N2O2/c1-19-12-8-11(9-12)17-15(18)14-13-5-3-2-4-10(13)6-7-16-14/h2-5,11-12,14,16H,6-9H2,1H3,(H,17,18). The van der Waals surface area contributed by atoms with Crippen LogP contribution in [0.3, 0.4) is 0 Å². The molecule has 1 aromatic rings. The summed E-state index contributed by atoms with van der Waals surface area (Å²) in [5.41, 5.74) is 2.40. The molecule has 19 heavy (non-hydrogen) atoms. The first-order valence-electron chi connectivity index (χ1n) is 6.92. The summed E-state index contributed by atoms with van der Waals surface area (Å²) >= 11 is 0. The van der Waals surface area contributed by atoms with E-state index < -0.39 is 0 Å². The monoisotopic (exact) mass is 260 g/mol. The highest BCUT2D eigenvalue weighted by molar-refractivity contribution is 5.84. The Morgan fingerprint density at radius 2 is 2.16 bits per heavy atom. The number of fused-ring (bicyclic) bond motifs is 1. The molecule has 102 valence electrons. The average molecular weight is 260 g/mol. The van der Waals surface area contributed by atoms with Gasteiger partial charge >= 0.3 is 0 Å². The summed E-state index contributed by atoms with van der Waals surface area (Å²) in [6.45, 7) is 0.862. The molecule has 0 radical (unpaired) electrons. The van der Waals surface area contributed by atoms with Crippen molar-refractivity contribution in [3.05, 3.63) is 35.4 Å². The van der Waals surface area contributed by atoms with Crippen molar-refractivity contribution in [2.45, 2.75) is 37.5 Å². The fraction of sp³-hybridized carbons (Fsp3) is 0.533. The zero-order chi connectivity index (χ0) is 13.2. The molecule has 1 amide bonds. The normalized spacial score (nSPS) is 29.2. The van der Waals surface area contributed by atoms with Gasteiger partial charge in [0.05, 0.1) is 6.10 Å². The molecule has 1 aliphatic carbocycles. The van der Waals surface area contributed by atoms with Crippen molar-refractivity contribution in [2.24, 2.45) is 0 Å². The summed E-state index contributed by atoms with van der Waals surface area (Å²) in [4.78, 5) is 12.3. The van der Waals surface area contributed by atoms with Gasteiger partial charge in [-0.15, -0.1) is 0 Å². The van der Waals surface area contributed by atoms with E-state index in [1.807, 2.05) is 18.2 Å². The van der Waals surface area contributed by atoms with Crippen molar-refractivity contribution in [1.82, 2.24) is 10.6 Å². The lowest BCUT2D eigenvalue weighted by atomic mass is 9.88. The molecule has 4 heteroatoms. The first kappa shape index (κ1) is 12.6. The van der Waals surface area contributed by atoms with Crippen LogP contribution in [-0.4, -0.2) is 31.7 Å². The van der Waals surface area contributed by atoms with Gasteiger partial charge in [-0.2, -0.15) is 0 Å². The lowest BCUT2D eigenvalue weighted by Gasteiger charge is -2.36. The highest BCUT2D eigenvalue weighted by Gasteiger charge is 2.33. The van der Waals surface area contributed by atoms with Gasteiger partial charge in [-0.05, 0) is 30.4 Å². The number of rotatable bonds is 3. The first-order valence-corrected chi connectivity index (χ1v) is 6.92. The summed E-state index contributed by atoms with van der Waals surface area (Å²) in [6, 6.07) is 8.26. The summed E-state index contributed by atoms with van der Waals surface area (Å²) in [7, 11) is 1.72. The maximum atomic E-state index is 12.3. The molecule has 2 aliphatic rings. The zero-order valence-electron chi connectivity index (χ0n) is 11.2. The van der Waals surface area contributed by atoms with Gasteiger partial charge in [0.1, 0.15) is 6.04 Å². The predicted octanol–water partition coefficient (Wildman–Crippen LogP) is 1.17. The average Bonchev–Trinajstić information content (AvgIpc) is 2.41. The molecule has 0 bridgehead atoms. The zero-order valence-corrected chi connectivity index (χ0v) is 11.2. The smallest absolute Gasteiger partial charge is 0.241 e. The molecule has 0 saturated heterocycles. The second-order valence-corrected chi connectivity index (χ2v) is 5.37. The molecule has 1 fully saturated rings. The van der Waals surface area contributed by atoms with E-state index in [1.54, 1.807) is 7.11 Å². The molecule has 1 aliphatic heterocycles. The lowest BCUT2D eigenvalue weighted by Crippen LogP contribution is -2.51. The van der Waals surface area contributed by atoms with Gasteiger partial charge in [0.2, 0.25) is 5.91 Å². The van der Waals surface area contributed by atoms with Crippen molar-refractivity contribution in [3.63, 3.8) is 0 Å². The molecular formula is C15H20N2O2. The fourth-order valence-corrected chi connectivity index (χ4v) is 2.90. The lowest BCUT2D eigenvalue weighted by molar-refractivity contribution is -0.125. The molecule has 2 N–H and O–H groups in total. The number of methoxy groups -OCH3 is 1. The Bertz CT molecular complexity index is 469. The quantitative estimate of drug-likeness (QED) is 0.857. The van der Waals surface area contributed by atoms with Crippen LogP contribution in [0.15, 0.2) is 24.3 Å². The summed E-state index contributed by atoms with van der Waals surface area (Å²) in [5, 5.41) is 6.42. The number of hydrogen-bond acceptors (Lipinski definition) is 3. The van der Waals surface area contributed by atoms with Gasteiger partial charge in [0, 0.05) is 19.7 Å². The van der Waals surface area contributed by atoms with Crippen LogP contribution in [0.5, 0.6) is 0 Å². The Hall–Kier alpha value is -1.39. The Morgan fingerprint density at radius 1 is 1.37 bits per heavy atom. The maximum Gasteiger partial charge on any atom is 0.241 e. The second-order valence-electron chi connectivity index (χ2n) is 5.37. The van der Waals surface area contributed by atoms with Gasteiger partial charge < -0.3 is 15.4 Å². The van der Waals surface area contributed by atoms with Crippen LogP contribution in [0.1, 0.15) is 30.0 Å². The Balaban J connectivity index is 1.65. The van der Waals surface area contributed by atoms with E-state index in [2.05, 4.69) is 16.7 Å². The third-order valence-corrected chi connectivity index (χ3v) is 4.15. The molecule has 1 unspecified atom stereocenters. The van der Waals surface area contributed by atoms with E-state index in [1.165, 1.54) is 5.56 Å². The van der Waals surface area contributed by atoms with Gasteiger partial charge in [-0.25, -0.2) is 0 Å². The molecular weight excluding hydrogens is 240 g/mol. The van der Waals surface area contributed by atoms with E-state index in [-0.39, 0.29) is 18.0 Å². The van der Waals surface area contributed by atoms with Crippen LogP contribution >= 0.6 is 0 Å². The highest BCUT2D eigenvalue weighted by Crippen LogP contribution is 2.26. The van der Waals surface area contributed by atoms with Gasteiger partial charge in [0.15, 0.2) is 0 Å². The largest absolute Gasteiger partial charge is 0.381 e. The first-order chi connectivity index (χ1) is 9.28. The van der Waals surface area contributed by atoms with Crippen molar-refractivity contribution < 1.29 is 9.53 Å². The van der Waals surface area contributed by atoms with Crippen LogP contribution < -0.4 is 10.6 Å². The van der Waals surface area contributed by atoms with E-state index >= 15 is 0 Å². The second kappa shape index (κ2) is 5.31. The van der Waals surface area contributed by atoms with Crippen molar-refractivity contribution >= 4 is 5.91 Å². The van der Waals surface area contributed by atoms with Crippen LogP contribution in [0, 0.1) is 0 Å². The summed E-state index contributed by atoms with van der Waals surface area (Å²) in [6.07, 6.45) is 3.17. The predicted molar refractivity (Wildman–Crippen MR) is 72.9 cm³/mol. The van der Waals surface area contributed by atoms with Crippen molar-refractivity contribution in [2.75, 3.05) is 13.7 Å². The Kier molecular flexibility index (Phi) is 3.53. The SMILES string of the molecule is COC1CC(NC(=O)C2NCCc3ccccc32)C1. The Labute approximate surface area is 113 Å². The van der Waals surface area contributed by atoms with Gasteiger partial charge in [-0.1, -0.05) is 24.3 Å². The third-order valence-electron chi connectivity index (χ3n) is 4.15. The molecule has 1 heterocycles. The molecule has 4 nitrogen and oxygen atoms in total. The van der Waals surface area contributed by atoms with Crippen LogP contribution in [0.25, 0.3) is 0 Å². The number of benzene rings is 1. The number of hydrogen-bond donors (Lipinski definition) is 2. The molecule has 1 atom stereocenters. The van der Waals surface area contributed by atoms with Gasteiger partial charge in [0.25, 0.3) is 0 Å². The van der Waals surface area contributed by atoms with Gasteiger partial charge in [-0.3, -0.25) is 4.79 Å². The molecule has 1 aromatic carbocycles. The fourth-order valence-electron chi connectivity index (χ4n) is 2.90. The minimum Gasteiger partial charge on any atom is -0.381 e. The van der Waals surface area contributed by atoms with E-state index in [0.29, 0.717) is 6.10 Å². The van der Waals surface area contributed by atoms with Crippen LogP contribution in [-0.2, 0) is 16.0 Å². The number of carbonyl (C=O) groups excluding carboxylic acids is 1. The number of carbonyl (C=O) groups is 1.